The molecule has 0 bridgehead atoms. The van der Waals surface area contributed by atoms with E-state index in [1.54, 1.807) is 0 Å². The van der Waals surface area contributed by atoms with Gasteiger partial charge >= 0.3 is 0 Å². The summed E-state index contributed by atoms with van der Waals surface area (Å²) in [5, 5.41) is 9.60. The van der Waals surface area contributed by atoms with Crippen LogP contribution in [0.15, 0.2) is 0 Å². The SMILES string of the molecule is CCCCC(CC)CO[C@H]1[C@H](CO)OC[C@@H]1OCC(CC)CCCC. The number of aliphatic hydroxyl groups excluding tert-OH is 1. The van der Waals surface area contributed by atoms with Crippen molar-refractivity contribution in [3.8, 4) is 0 Å². The Morgan fingerprint density at radius 2 is 1.48 bits per heavy atom. The van der Waals surface area contributed by atoms with Crippen molar-refractivity contribution in [1.82, 2.24) is 0 Å². The molecule has 0 aromatic heterocycles. The first-order valence-electron chi connectivity index (χ1n) is 10.7. The zero-order chi connectivity index (χ0) is 18.5. The van der Waals surface area contributed by atoms with Crippen LogP contribution in [0.5, 0.6) is 0 Å². The van der Waals surface area contributed by atoms with Crippen molar-refractivity contribution in [3.63, 3.8) is 0 Å². The average molecular weight is 359 g/mol. The maximum absolute atomic E-state index is 9.60. The monoisotopic (exact) mass is 358 g/mol. The summed E-state index contributed by atoms with van der Waals surface area (Å²) in [6.45, 7) is 11.0. The van der Waals surface area contributed by atoms with Crippen LogP contribution in [0.3, 0.4) is 0 Å². The van der Waals surface area contributed by atoms with Crippen LogP contribution in [0.4, 0.5) is 0 Å². The Kier molecular flexibility index (Phi) is 12.8. The van der Waals surface area contributed by atoms with Crippen molar-refractivity contribution in [2.75, 3.05) is 26.4 Å². The number of rotatable bonds is 15. The van der Waals surface area contributed by atoms with E-state index in [1.165, 1.54) is 38.5 Å². The van der Waals surface area contributed by atoms with Gasteiger partial charge in [-0.25, -0.2) is 0 Å². The molecule has 1 rings (SSSR count). The molecule has 0 aliphatic carbocycles. The lowest BCUT2D eigenvalue weighted by Gasteiger charge is -2.26. The Balaban J connectivity index is 2.48. The van der Waals surface area contributed by atoms with Crippen LogP contribution >= 0.6 is 0 Å². The van der Waals surface area contributed by atoms with Crippen LogP contribution in [0.25, 0.3) is 0 Å². The van der Waals surface area contributed by atoms with Gasteiger partial charge in [0, 0.05) is 0 Å². The minimum Gasteiger partial charge on any atom is -0.394 e. The summed E-state index contributed by atoms with van der Waals surface area (Å²) in [7, 11) is 0. The molecule has 0 aromatic rings. The Hall–Kier alpha value is -0.160. The van der Waals surface area contributed by atoms with Crippen LogP contribution in [-0.2, 0) is 14.2 Å². The lowest BCUT2D eigenvalue weighted by Crippen LogP contribution is -2.38. The highest BCUT2D eigenvalue weighted by Gasteiger charge is 2.39. The summed E-state index contributed by atoms with van der Waals surface area (Å²) in [5.74, 6) is 1.20. The van der Waals surface area contributed by atoms with Crippen molar-refractivity contribution >= 4 is 0 Å². The molecule has 0 radical (unpaired) electrons. The Morgan fingerprint density at radius 3 is 1.96 bits per heavy atom. The number of aliphatic hydroxyl groups is 1. The molecule has 1 fully saturated rings. The van der Waals surface area contributed by atoms with Gasteiger partial charge in [-0.2, -0.15) is 0 Å². The molecule has 150 valence electrons. The molecule has 1 saturated heterocycles. The van der Waals surface area contributed by atoms with Crippen LogP contribution < -0.4 is 0 Å². The molecule has 1 heterocycles. The lowest BCUT2D eigenvalue weighted by molar-refractivity contribution is -0.0859. The highest BCUT2D eigenvalue weighted by molar-refractivity contribution is 4.86. The molecule has 5 atom stereocenters. The smallest absolute Gasteiger partial charge is 0.114 e. The summed E-state index contributed by atoms with van der Waals surface area (Å²) in [5.41, 5.74) is 0. The normalized spacial score (nSPS) is 26.0. The fourth-order valence-electron chi connectivity index (χ4n) is 3.46. The third kappa shape index (κ3) is 8.38. The predicted octanol–water partition coefficient (Wildman–Crippen LogP) is 4.58. The maximum atomic E-state index is 9.60. The number of hydrogen-bond donors (Lipinski definition) is 1. The Bertz CT molecular complexity index is 310. The zero-order valence-corrected chi connectivity index (χ0v) is 17.0. The highest BCUT2D eigenvalue weighted by atomic mass is 16.6. The van der Waals surface area contributed by atoms with Gasteiger partial charge in [0.05, 0.1) is 26.4 Å². The summed E-state index contributed by atoms with van der Waals surface area (Å²) in [4.78, 5) is 0. The van der Waals surface area contributed by atoms with E-state index in [0.29, 0.717) is 18.4 Å². The molecule has 0 amide bonds. The maximum Gasteiger partial charge on any atom is 0.114 e. The molecule has 0 saturated carbocycles. The van der Waals surface area contributed by atoms with E-state index in [2.05, 4.69) is 27.7 Å². The minimum atomic E-state index is -0.246. The molecule has 1 aliphatic rings. The van der Waals surface area contributed by atoms with Gasteiger partial charge in [-0.05, 0) is 24.7 Å². The first-order chi connectivity index (χ1) is 12.2. The second-order valence-electron chi connectivity index (χ2n) is 7.56. The topological polar surface area (TPSA) is 47.9 Å². The van der Waals surface area contributed by atoms with Crippen LogP contribution in [-0.4, -0.2) is 49.8 Å². The standard InChI is InChI=1S/C21H42O4/c1-5-9-11-17(7-3)14-23-20-16-24-19(13-22)21(20)25-15-18(8-4)12-10-6-2/h17-22H,5-16H2,1-4H3/t17?,18?,19-,20-,21-/m0/s1. The first-order valence-corrected chi connectivity index (χ1v) is 10.7. The van der Waals surface area contributed by atoms with Gasteiger partial charge in [0.25, 0.3) is 0 Å². The highest BCUT2D eigenvalue weighted by Crippen LogP contribution is 2.24. The quantitative estimate of drug-likeness (QED) is 0.465. The molecule has 1 aliphatic heterocycles. The van der Waals surface area contributed by atoms with Crippen LogP contribution in [0.1, 0.15) is 79.1 Å². The predicted molar refractivity (Wildman–Crippen MR) is 103 cm³/mol. The molecule has 4 heteroatoms. The van der Waals surface area contributed by atoms with Crippen LogP contribution in [0.2, 0.25) is 0 Å². The second kappa shape index (κ2) is 14.0. The average Bonchev–Trinajstić information content (AvgIpc) is 3.04. The lowest BCUT2D eigenvalue weighted by atomic mass is 10.00. The van der Waals surface area contributed by atoms with Crippen molar-refractivity contribution in [2.24, 2.45) is 11.8 Å². The van der Waals surface area contributed by atoms with E-state index >= 15 is 0 Å². The van der Waals surface area contributed by atoms with E-state index in [0.717, 1.165) is 26.1 Å². The Morgan fingerprint density at radius 1 is 0.920 bits per heavy atom. The molecule has 0 spiro atoms. The Labute approximate surface area is 155 Å². The first kappa shape index (κ1) is 22.9. The minimum absolute atomic E-state index is 0.00329. The van der Waals surface area contributed by atoms with E-state index < -0.39 is 0 Å². The number of ether oxygens (including phenoxy) is 3. The number of hydrogen-bond acceptors (Lipinski definition) is 4. The molecule has 2 unspecified atom stereocenters. The van der Waals surface area contributed by atoms with Gasteiger partial charge < -0.3 is 19.3 Å². The van der Waals surface area contributed by atoms with Gasteiger partial charge in [-0.1, -0.05) is 66.2 Å². The van der Waals surface area contributed by atoms with Crippen molar-refractivity contribution in [1.29, 1.82) is 0 Å². The van der Waals surface area contributed by atoms with E-state index in [4.69, 9.17) is 14.2 Å². The van der Waals surface area contributed by atoms with Gasteiger partial charge in [0.2, 0.25) is 0 Å². The second-order valence-corrected chi connectivity index (χ2v) is 7.56. The van der Waals surface area contributed by atoms with Crippen LogP contribution in [0, 0.1) is 11.8 Å². The summed E-state index contributed by atoms with van der Waals surface area (Å²) in [6.07, 6.45) is 9.27. The molecule has 1 N–H and O–H groups in total. The fourth-order valence-corrected chi connectivity index (χ4v) is 3.46. The third-order valence-electron chi connectivity index (χ3n) is 5.54. The van der Waals surface area contributed by atoms with Crippen molar-refractivity contribution in [2.45, 2.75) is 97.4 Å². The fraction of sp³-hybridized carbons (Fsp3) is 1.00. The zero-order valence-electron chi connectivity index (χ0n) is 17.0. The van der Waals surface area contributed by atoms with Gasteiger partial charge in [-0.15, -0.1) is 0 Å². The third-order valence-corrected chi connectivity index (χ3v) is 5.54. The molecule has 0 aromatic carbocycles. The van der Waals surface area contributed by atoms with Gasteiger partial charge in [-0.3, -0.25) is 0 Å². The molecular weight excluding hydrogens is 316 g/mol. The summed E-state index contributed by atoms with van der Waals surface area (Å²) in [6, 6.07) is 0. The largest absolute Gasteiger partial charge is 0.394 e. The summed E-state index contributed by atoms with van der Waals surface area (Å²) >= 11 is 0. The van der Waals surface area contributed by atoms with Crippen molar-refractivity contribution < 1.29 is 19.3 Å². The van der Waals surface area contributed by atoms with Crippen molar-refractivity contribution in [3.05, 3.63) is 0 Å². The molecule has 25 heavy (non-hydrogen) atoms. The van der Waals surface area contributed by atoms with Gasteiger partial charge in [0.1, 0.15) is 18.3 Å². The summed E-state index contributed by atoms with van der Waals surface area (Å²) < 4.78 is 18.1. The number of unbranched alkanes of at least 4 members (excludes halogenated alkanes) is 2. The molecular formula is C21H42O4. The van der Waals surface area contributed by atoms with Gasteiger partial charge in [0.15, 0.2) is 0 Å². The van der Waals surface area contributed by atoms with E-state index in [1.807, 2.05) is 0 Å². The van der Waals surface area contributed by atoms with E-state index in [9.17, 15) is 5.11 Å². The van der Waals surface area contributed by atoms with E-state index in [-0.39, 0.29) is 24.9 Å². The molecule has 4 nitrogen and oxygen atoms in total.